The van der Waals surface area contributed by atoms with Crippen LogP contribution in [0, 0.1) is 6.92 Å². The lowest BCUT2D eigenvalue weighted by molar-refractivity contribution is -0.141. The number of methoxy groups -OCH3 is 1. The van der Waals surface area contributed by atoms with E-state index in [2.05, 4.69) is 10.3 Å². The van der Waals surface area contributed by atoms with Gasteiger partial charge in [-0.2, -0.15) is 10.1 Å². The van der Waals surface area contributed by atoms with E-state index in [-0.39, 0.29) is 18.9 Å². The number of carbonyl (C=O) groups is 3. The summed E-state index contributed by atoms with van der Waals surface area (Å²) in [5, 5.41) is 18.5. The SMILES string of the molecule is COc1ccc([C@@H]2CC(c3ccc(C)cc3)=NN2C2=NC(=O)[C@H](CC(=O)N[C@@H](Cc3ccccc3)C(=O)O)S2)cc1. The smallest absolute Gasteiger partial charge is 0.326 e. The number of nitrogens with zero attached hydrogens (tertiary/aromatic N) is 3. The second-order valence-corrected chi connectivity index (χ2v) is 11.1. The highest BCUT2D eigenvalue weighted by Crippen LogP contribution is 2.39. The molecule has 0 bridgehead atoms. The highest BCUT2D eigenvalue weighted by atomic mass is 32.2. The van der Waals surface area contributed by atoms with Crippen LogP contribution in [0.15, 0.2) is 89.0 Å². The summed E-state index contributed by atoms with van der Waals surface area (Å²) in [4.78, 5) is 41.8. The lowest BCUT2D eigenvalue weighted by Gasteiger charge is -2.23. The van der Waals surface area contributed by atoms with Crippen LogP contribution in [0.3, 0.4) is 0 Å². The number of aliphatic carboxylic acids is 1. The third-order valence-corrected chi connectivity index (χ3v) is 8.15. The second kappa shape index (κ2) is 12.4. The van der Waals surface area contributed by atoms with Crippen LogP contribution in [0.2, 0.25) is 0 Å². The van der Waals surface area contributed by atoms with E-state index in [4.69, 9.17) is 9.84 Å². The molecule has 0 radical (unpaired) electrons. The Labute approximate surface area is 242 Å². The Bertz CT molecular complexity index is 1490. The molecule has 2 amide bonds. The van der Waals surface area contributed by atoms with Crippen molar-refractivity contribution in [3.8, 4) is 5.75 Å². The minimum atomic E-state index is -1.14. The molecule has 210 valence electrons. The van der Waals surface area contributed by atoms with Gasteiger partial charge in [-0.25, -0.2) is 9.80 Å². The molecule has 2 N–H and O–H groups in total. The summed E-state index contributed by atoms with van der Waals surface area (Å²) in [7, 11) is 1.61. The molecule has 0 saturated heterocycles. The van der Waals surface area contributed by atoms with Crippen molar-refractivity contribution < 1.29 is 24.2 Å². The summed E-state index contributed by atoms with van der Waals surface area (Å²) < 4.78 is 5.31. The number of carbonyl (C=O) groups excluding carboxylic acids is 2. The molecule has 0 aliphatic carbocycles. The standard InChI is InChI=1S/C31H30N4O5S/c1-19-8-10-21(11-9-19)24-17-26(22-12-14-23(40-2)15-13-22)35(34-24)31-33-29(37)27(41-31)18-28(36)32-25(30(38)39)16-20-6-4-3-5-7-20/h3-15,25-27H,16-18H2,1-2H3,(H,32,36)(H,38,39)/t25-,26-,27-/m0/s1. The molecule has 0 unspecified atom stereocenters. The Morgan fingerprint density at radius 3 is 2.44 bits per heavy atom. The fraction of sp³-hybridized carbons (Fsp3) is 0.258. The van der Waals surface area contributed by atoms with Crippen molar-refractivity contribution in [1.29, 1.82) is 0 Å². The van der Waals surface area contributed by atoms with Crippen molar-refractivity contribution in [2.45, 2.75) is 43.5 Å². The number of amides is 2. The van der Waals surface area contributed by atoms with Crippen LogP contribution in [0.1, 0.15) is 41.1 Å². The van der Waals surface area contributed by atoms with E-state index in [1.165, 1.54) is 11.8 Å². The number of hydrazone groups is 1. The van der Waals surface area contributed by atoms with Crippen molar-refractivity contribution in [2.75, 3.05) is 7.11 Å². The number of rotatable bonds is 9. The average Bonchev–Trinajstić information content (AvgIpc) is 3.57. The van der Waals surface area contributed by atoms with Crippen molar-refractivity contribution in [2.24, 2.45) is 10.1 Å². The summed E-state index contributed by atoms with van der Waals surface area (Å²) in [6, 6.07) is 23.6. The fourth-order valence-electron chi connectivity index (χ4n) is 4.77. The summed E-state index contributed by atoms with van der Waals surface area (Å²) in [6.45, 7) is 2.03. The first-order valence-corrected chi connectivity index (χ1v) is 14.1. The zero-order chi connectivity index (χ0) is 28.9. The van der Waals surface area contributed by atoms with Gasteiger partial charge in [0.2, 0.25) is 5.91 Å². The van der Waals surface area contributed by atoms with Crippen LogP contribution in [-0.2, 0) is 20.8 Å². The molecule has 10 heteroatoms. The van der Waals surface area contributed by atoms with Crippen LogP contribution in [0.4, 0.5) is 0 Å². The van der Waals surface area contributed by atoms with Gasteiger partial charge in [0.1, 0.15) is 17.0 Å². The molecule has 5 rings (SSSR count). The maximum atomic E-state index is 12.9. The number of nitrogens with one attached hydrogen (secondary N) is 1. The third kappa shape index (κ3) is 6.66. The molecule has 2 heterocycles. The number of aliphatic imine (C=N–C) groups is 1. The van der Waals surface area contributed by atoms with E-state index < -0.39 is 29.1 Å². The van der Waals surface area contributed by atoms with Crippen molar-refractivity contribution in [3.63, 3.8) is 0 Å². The zero-order valence-corrected chi connectivity index (χ0v) is 23.5. The van der Waals surface area contributed by atoms with Crippen LogP contribution in [0.5, 0.6) is 5.75 Å². The molecule has 2 aliphatic rings. The van der Waals surface area contributed by atoms with Gasteiger partial charge in [-0.1, -0.05) is 84.1 Å². The molecular weight excluding hydrogens is 540 g/mol. The molecular formula is C31H30N4O5S. The highest BCUT2D eigenvalue weighted by Gasteiger charge is 2.39. The van der Waals surface area contributed by atoms with Gasteiger partial charge in [0.15, 0.2) is 5.17 Å². The Morgan fingerprint density at radius 1 is 1.07 bits per heavy atom. The van der Waals surface area contributed by atoms with Gasteiger partial charge in [-0.05, 0) is 35.7 Å². The number of benzene rings is 3. The van der Waals surface area contributed by atoms with Gasteiger partial charge in [0, 0.05) is 19.3 Å². The Morgan fingerprint density at radius 2 is 1.78 bits per heavy atom. The number of hydrogen-bond donors (Lipinski definition) is 2. The summed E-state index contributed by atoms with van der Waals surface area (Å²) in [5.74, 6) is -1.36. The number of carboxylic acid groups (broad SMARTS) is 1. The monoisotopic (exact) mass is 570 g/mol. The third-order valence-electron chi connectivity index (χ3n) is 7.01. The number of amidine groups is 1. The largest absolute Gasteiger partial charge is 0.497 e. The minimum Gasteiger partial charge on any atom is -0.497 e. The molecule has 0 spiro atoms. The zero-order valence-electron chi connectivity index (χ0n) is 22.7. The summed E-state index contributed by atoms with van der Waals surface area (Å²) in [5.41, 5.74) is 4.78. The average molecular weight is 571 g/mol. The van der Waals surface area contributed by atoms with Crippen molar-refractivity contribution >= 4 is 40.4 Å². The van der Waals surface area contributed by atoms with Gasteiger partial charge in [0.05, 0.1) is 18.9 Å². The van der Waals surface area contributed by atoms with Crippen LogP contribution >= 0.6 is 11.8 Å². The van der Waals surface area contributed by atoms with E-state index in [0.717, 1.165) is 33.7 Å². The van der Waals surface area contributed by atoms with Crippen molar-refractivity contribution in [3.05, 3.63) is 101 Å². The van der Waals surface area contributed by atoms with Gasteiger partial charge in [0.25, 0.3) is 5.91 Å². The molecule has 0 fully saturated rings. The number of thioether (sulfide) groups is 1. The first-order valence-electron chi connectivity index (χ1n) is 13.2. The molecule has 9 nitrogen and oxygen atoms in total. The van der Waals surface area contributed by atoms with Gasteiger partial charge in [-0.15, -0.1) is 0 Å². The Kier molecular flexibility index (Phi) is 8.49. The predicted octanol–water partition coefficient (Wildman–Crippen LogP) is 4.35. The maximum absolute atomic E-state index is 12.9. The van der Waals surface area contributed by atoms with E-state index in [1.807, 2.05) is 73.7 Å². The highest BCUT2D eigenvalue weighted by molar-refractivity contribution is 8.15. The van der Waals surface area contributed by atoms with Crippen LogP contribution < -0.4 is 10.1 Å². The molecule has 41 heavy (non-hydrogen) atoms. The normalized spacial score (nSPS) is 19.0. The molecule has 3 aromatic carbocycles. The summed E-state index contributed by atoms with van der Waals surface area (Å²) in [6.07, 6.45) is 0.558. The van der Waals surface area contributed by atoms with Gasteiger partial charge >= 0.3 is 5.97 Å². The van der Waals surface area contributed by atoms with Crippen LogP contribution in [0.25, 0.3) is 0 Å². The Hall–Kier alpha value is -4.44. The lowest BCUT2D eigenvalue weighted by atomic mass is 9.98. The predicted molar refractivity (Wildman–Crippen MR) is 158 cm³/mol. The van der Waals surface area contributed by atoms with Crippen LogP contribution in [-0.4, -0.2) is 57.2 Å². The molecule has 2 aliphatic heterocycles. The molecule has 0 aromatic heterocycles. The minimum absolute atomic E-state index is 0.142. The first-order chi connectivity index (χ1) is 19.8. The van der Waals surface area contributed by atoms with E-state index in [1.54, 1.807) is 24.3 Å². The van der Waals surface area contributed by atoms with Crippen molar-refractivity contribution in [1.82, 2.24) is 10.3 Å². The number of ether oxygens (including phenoxy) is 1. The fourth-order valence-corrected chi connectivity index (χ4v) is 5.83. The van der Waals surface area contributed by atoms with Gasteiger partial charge < -0.3 is 15.2 Å². The molecule has 0 saturated carbocycles. The molecule has 3 aromatic rings. The maximum Gasteiger partial charge on any atom is 0.326 e. The second-order valence-electron chi connectivity index (χ2n) is 9.94. The first kappa shape index (κ1) is 28.1. The number of carboxylic acids is 1. The van der Waals surface area contributed by atoms with E-state index in [0.29, 0.717) is 11.6 Å². The quantitative estimate of drug-likeness (QED) is 0.392. The van der Waals surface area contributed by atoms with Gasteiger partial charge in [-0.3, -0.25) is 9.59 Å². The van der Waals surface area contributed by atoms with E-state index in [9.17, 15) is 19.5 Å². The Balaban J connectivity index is 1.31. The summed E-state index contributed by atoms with van der Waals surface area (Å²) >= 11 is 1.18. The number of hydrogen-bond acceptors (Lipinski definition) is 7. The number of aryl methyl sites for hydroxylation is 1. The topological polar surface area (TPSA) is 121 Å². The lowest BCUT2D eigenvalue weighted by Crippen LogP contribution is -2.43. The van der Waals surface area contributed by atoms with E-state index >= 15 is 0 Å². The molecule has 3 atom stereocenters.